The second kappa shape index (κ2) is 5.23. The van der Waals surface area contributed by atoms with Gasteiger partial charge in [-0.2, -0.15) is 5.26 Å². The van der Waals surface area contributed by atoms with Crippen molar-refractivity contribution in [1.82, 2.24) is 10.3 Å². The van der Waals surface area contributed by atoms with Gasteiger partial charge in [-0.05, 0) is 25.0 Å². The summed E-state index contributed by atoms with van der Waals surface area (Å²) in [5.74, 6) is 0.554. The second-order valence-corrected chi connectivity index (χ2v) is 4.50. The van der Waals surface area contributed by atoms with Crippen molar-refractivity contribution in [3.63, 3.8) is 0 Å². The molecule has 1 N–H and O–H groups in total. The van der Waals surface area contributed by atoms with Crippen molar-refractivity contribution in [3.8, 4) is 6.07 Å². The molecule has 5 nitrogen and oxygen atoms in total. The molecule has 1 saturated heterocycles. The molecule has 6 heteroatoms. The minimum atomic E-state index is -0.229. The summed E-state index contributed by atoms with van der Waals surface area (Å²) in [6.45, 7) is 0.746. The van der Waals surface area contributed by atoms with Crippen molar-refractivity contribution >= 4 is 23.3 Å². The van der Waals surface area contributed by atoms with Crippen LogP contribution in [0.5, 0.6) is 0 Å². The molecule has 1 amide bonds. The fourth-order valence-electron chi connectivity index (χ4n) is 2.17. The van der Waals surface area contributed by atoms with Crippen molar-refractivity contribution in [2.45, 2.75) is 18.9 Å². The van der Waals surface area contributed by atoms with Gasteiger partial charge in [0.05, 0.1) is 11.6 Å². The molecule has 0 saturated carbocycles. The Morgan fingerprint density at radius 1 is 1.67 bits per heavy atom. The van der Waals surface area contributed by atoms with E-state index in [4.69, 9.17) is 16.9 Å². The van der Waals surface area contributed by atoms with Crippen LogP contribution in [0.1, 0.15) is 18.4 Å². The number of carbonyl (C=O) groups excluding carboxylic acids is 1. The Kier molecular flexibility index (Phi) is 3.68. The average Bonchev–Trinajstić information content (AvgIpc) is 2.86. The molecule has 1 fully saturated rings. The van der Waals surface area contributed by atoms with Gasteiger partial charge in [0, 0.05) is 13.6 Å². The van der Waals surface area contributed by atoms with Crippen LogP contribution < -0.4 is 10.2 Å². The number of nitrogens with zero attached hydrogens (tertiary/aromatic N) is 3. The maximum absolute atomic E-state index is 11.8. The molecule has 1 aromatic heterocycles. The quantitative estimate of drug-likeness (QED) is 0.818. The number of nitrogens with one attached hydrogen (secondary N) is 1. The number of likely N-dealkylation sites (N-methyl/N-ethyl adjacent to an activating group) is 1. The molecule has 1 aliphatic rings. The number of hydrogen-bond acceptors (Lipinski definition) is 4. The Labute approximate surface area is 110 Å². The third kappa shape index (κ3) is 2.39. The molecule has 1 unspecified atom stereocenters. The van der Waals surface area contributed by atoms with E-state index in [1.165, 1.54) is 6.07 Å². The number of hydrogen-bond donors (Lipinski definition) is 1. The molecule has 94 valence electrons. The summed E-state index contributed by atoms with van der Waals surface area (Å²) in [6.07, 6.45) is 1.71. The van der Waals surface area contributed by atoms with Gasteiger partial charge in [-0.15, -0.1) is 0 Å². The van der Waals surface area contributed by atoms with Gasteiger partial charge in [-0.25, -0.2) is 4.98 Å². The lowest BCUT2D eigenvalue weighted by Crippen LogP contribution is -2.42. The van der Waals surface area contributed by atoms with E-state index in [-0.39, 0.29) is 17.1 Å². The molecule has 2 heterocycles. The van der Waals surface area contributed by atoms with Crippen LogP contribution in [-0.4, -0.2) is 30.5 Å². The number of aromatic nitrogens is 1. The fraction of sp³-hybridized carbons (Fsp3) is 0.417. The summed E-state index contributed by atoms with van der Waals surface area (Å²) in [5, 5.41) is 11.8. The van der Waals surface area contributed by atoms with E-state index in [9.17, 15) is 4.79 Å². The zero-order chi connectivity index (χ0) is 13.1. The van der Waals surface area contributed by atoms with Crippen LogP contribution in [0.25, 0.3) is 0 Å². The Balaban J connectivity index is 2.33. The van der Waals surface area contributed by atoms with Gasteiger partial charge in [0.2, 0.25) is 5.91 Å². The van der Waals surface area contributed by atoms with Gasteiger partial charge >= 0.3 is 0 Å². The molecular formula is C12H13ClN4O. The molecule has 0 radical (unpaired) electrons. The average molecular weight is 265 g/mol. The molecule has 0 bridgehead atoms. The van der Waals surface area contributed by atoms with Gasteiger partial charge in [-0.3, -0.25) is 4.79 Å². The summed E-state index contributed by atoms with van der Waals surface area (Å²) in [5.41, 5.74) is 0.451. The third-order valence-corrected chi connectivity index (χ3v) is 3.20. The van der Waals surface area contributed by atoms with Crippen molar-refractivity contribution in [3.05, 3.63) is 22.8 Å². The van der Waals surface area contributed by atoms with E-state index in [0.29, 0.717) is 11.4 Å². The topological polar surface area (TPSA) is 69.0 Å². The van der Waals surface area contributed by atoms with Crippen molar-refractivity contribution in [1.29, 1.82) is 5.26 Å². The summed E-state index contributed by atoms with van der Waals surface area (Å²) in [6, 6.07) is 4.98. The Morgan fingerprint density at radius 2 is 2.44 bits per heavy atom. The van der Waals surface area contributed by atoms with E-state index < -0.39 is 0 Å². The molecule has 18 heavy (non-hydrogen) atoms. The second-order valence-electron chi connectivity index (χ2n) is 4.11. The van der Waals surface area contributed by atoms with Crippen molar-refractivity contribution in [2.24, 2.45) is 0 Å². The molecule has 2 rings (SSSR count). The van der Waals surface area contributed by atoms with Crippen LogP contribution in [0.3, 0.4) is 0 Å². The first-order valence-electron chi connectivity index (χ1n) is 5.71. The Morgan fingerprint density at radius 3 is 3.11 bits per heavy atom. The normalized spacial score (nSPS) is 18.5. The van der Waals surface area contributed by atoms with Gasteiger partial charge < -0.3 is 10.2 Å². The van der Waals surface area contributed by atoms with Gasteiger partial charge in [0.1, 0.15) is 17.0 Å². The van der Waals surface area contributed by atoms with E-state index in [1.807, 2.05) is 11.0 Å². The summed E-state index contributed by atoms with van der Waals surface area (Å²) in [7, 11) is 1.62. The molecule has 1 atom stereocenters. The monoisotopic (exact) mass is 264 g/mol. The highest BCUT2D eigenvalue weighted by atomic mass is 35.5. The highest BCUT2D eigenvalue weighted by molar-refractivity contribution is 6.29. The number of pyridine rings is 1. The predicted molar refractivity (Wildman–Crippen MR) is 68.4 cm³/mol. The maximum atomic E-state index is 11.8. The number of amides is 1. The summed E-state index contributed by atoms with van der Waals surface area (Å²) in [4.78, 5) is 17.8. The third-order valence-electron chi connectivity index (χ3n) is 3.01. The van der Waals surface area contributed by atoms with E-state index >= 15 is 0 Å². The highest BCUT2D eigenvalue weighted by Crippen LogP contribution is 2.26. The van der Waals surface area contributed by atoms with E-state index in [1.54, 1.807) is 13.1 Å². The van der Waals surface area contributed by atoms with Crippen LogP contribution >= 0.6 is 11.6 Å². The SMILES string of the molecule is CNC(=O)C1CCCN1c1cc(C#N)cc(Cl)n1. The van der Waals surface area contributed by atoms with Crippen molar-refractivity contribution in [2.75, 3.05) is 18.5 Å². The molecule has 0 aliphatic carbocycles. The first-order valence-corrected chi connectivity index (χ1v) is 6.09. The van der Waals surface area contributed by atoms with Crippen LogP contribution in [0.15, 0.2) is 12.1 Å². The molecular weight excluding hydrogens is 252 g/mol. The molecule has 0 aromatic carbocycles. The van der Waals surface area contributed by atoms with E-state index in [2.05, 4.69) is 10.3 Å². The highest BCUT2D eigenvalue weighted by Gasteiger charge is 2.31. The van der Waals surface area contributed by atoms with Gasteiger partial charge in [-0.1, -0.05) is 11.6 Å². The zero-order valence-electron chi connectivity index (χ0n) is 9.98. The summed E-state index contributed by atoms with van der Waals surface area (Å²) >= 11 is 5.88. The van der Waals surface area contributed by atoms with Crippen LogP contribution in [0.2, 0.25) is 5.15 Å². The molecule has 0 spiro atoms. The van der Waals surface area contributed by atoms with Gasteiger partial charge in [0.25, 0.3) is 0 Å². The smallest absolute Gasteiger partial charge is 0.242 e. The largest absolute Gasteiger partial charge is 0.357 e. The molecule has 1 aromatic rings. The van der Waals surface area contributed by atoms with Crippen LogP contribution in [0, 0.1) is 11.3 Å². The van der Waals surface area contributed by atoms with Crippen LogP contribution in [-0.2, 0) is 4.79 Å². The zero-order valence-corrected chi connectivity index (χ0v) is 10.7. The Bertz CT molecular complexity index is 511. The predicted octanol–water partition coefficient (Wildman–Crippen LogP) is 1.32. The lowest BCUT2D eigenvalue weighted by Gasteiger charge is -2.24. The number of nitriles is 1. The number of halogens is 1. The Hall–Kier alpha value is -1.80. The minimum absolute atomic E-state index is 0.0345. The molecule has 1 aliphatic heterocycles. The standard InChI is InChI=1S/C12H13ClN4O/c1-15-12(18)9-3-2-4-17(9)11-6-8(7-14)5-10(13)16-11/h5-6,9H,2-4H2,1H3,(H,15,18). The number of carbonyl (C=O) groups is 1. The first kappa shape index (κ1) is 12.7. The maximum Gasteiger partial charge on any atom is 0.242 e. The summed E-state index contributed by atoms with van der Waals surface area (Å²) < 4.78 is 0. The van der Waals surface area contributed by atoms with Gasteiger partial charge in [0.15, 0.2) is 0 Å². The minimum Gasteiger partial charge on any atom is -0.357 e. The van der Waals surface area contributed by atoms with Crippen molar-refractivity contribution < 1.29 is 4.79 Å². The number of rotatable bonds is 2. The van der Waals surface area contributed by atoms with Crippen LogP contribution in [0.4, 0.5) is 5.82 Å². The van der Waals surface area contributed by atoms with E-state index in [0.717, 1.165) is 19.4 Å². The fourth-order valence-corrected chi connectivity index (χ4v) is 2.38. The lowest BCUT2D eigenvalue weighted by atomic mass is 10.2. The number of anilines is 1. The lowest BCUT2D eigenvalue weighted by molar-refractivity contribution is -0.121. The first-order chi connectivity index (χ1) is 8.65.